The van der Waals surface area contributed by atoms with E-state index in [1.165, 1.54) is 5.56 Å². The molecule has 1 N–H and O–H groups in total. The molecule has 1 rings (SSSR count). The lowest BCUT2D eigenvalue weighted by atomic mass is 9.79. The zero-order chi connectivity index (χ0) is 17.8. The van der Waals surface area contributed by atoms with E-state index in [1.54, 1.807) is 0 Å². The van der Waals surface area contributed by atoms with E-state index in [9.17, 15) is 5.11 Å². The molecule has 2 nitrogen and oxygen atoms in total. The zero-order valence-electron chi connectivity index (χ0n) is 16.3. The predicted octanol–water partition coefficient (Wildman–Crippen LogP) is 5.17. The summed E-state index contributed by atoms with van der Waals surface area (Å²) in [6.07, 6.45) is 0. The van der Waals surface area contributed by atoms with E-state index in [0.717, 1.165) is 35.7 Å². The first-order valence-corrected chi connectivity index (χ1v) is 9.75. The molecule has 0 radical (unpaired) electrons. The molecule has 23 heavy (non-hydrogen) atoms. The van der Waals surface area contributed by atoms with Crippen molar-refractivity contribution in [2.45, 2.75) is 65.8 Å². The lowest BCUT2D eigenvalue weighted by Gasteiger charge is -2.28. The summed E-state index contributed by atoms with van der Waals surface area (Å²) in [6, 6.07) is 4.37. The highest BCUT2D eigenvalue weighted by Gasteiger charge is 2.25. The van der Waals surface area contributed by atoms with Gasteiger partial charge in [-0.1, -0.05) is 60.6 Å². The van der Waals surface area contributed by atoms with Crippen LogP contribution in [0.15, 0.2) is 12.1 Å². The van der Waals surface area contributed by atoms with Crippen molar-refractivity contribution < 1.29 is 5.11 Å². The first kappa shape index (κ1) is 20.4. The zero-order valence-corrected chi connectivity index (χ0v) is 17.1. The van der Waals surface area contributed by atoms with E-state index < -0.39 is 0 Å². The van der Waals surface area contributed by atoms with Gasteiger partial charge in [-0.2, -0.15) is 11.8 Å². The number of phenols is 1. The van der Waals surface area contributed by atoms with Gasteiger partial charge in [0, 0.05) is 24.4 Å². The fraction of sp³-hybridized carbons (Fsp3) is 0.700. The lowest BCUT2D eigenvalue weighted by molar-refractivity contribution is 0.337. The van der Waals surface area contributed by atoms with Gasteiger partial charge in [-0.05, 0) is 34.8 Å². The first-order valence-electron chi connectivity index (χ1n) is 8.60. The molecule has 0 unspecified atom stereocenters. The Balaban J connectivity index is 3.15. The van der Waals surface area contributed by atoms with Crippen molar-refractivity contribution in [3.63, 3.8) is 0 Å². The van der Waals surface area contributed by atoms with E-state index in [1.807, 2.05) is 11.8 Å². The second-order valence-electron chi connectivity index (χ2n) is 8.47. The maximum Gasteiger partial charge on any atom is 0.123 e. The van der Waals surface area contributed by atoms with Crippen molar-refractivity contribution in [2.24, 2.45) is 0 Å². The van der Waals surface area contributed by atoms with E-state index >= 15 is 0 Å². The molecule has 0 bridgehead atoms. The molecule has 132 valence electrons. The highest BCUT2D eigenvalue weighted by Crippen LogP contribution is 2.38. The van der Waals surface area contributed by atoms with Gasteiger partial charge in [0.25, 0.3) is 0 Å². The van der Waals surface area contributed by atoms with Gasteiger partial charge in [-0.25, -0.2) is 0 Å². The first-order chi connectivity index (χ1) is 10.5. The smallest absolute Gasteiger partial charge is 0.123 e. The molecule has 0 aliphatic rings. The van der Waals surface area contributed by atoms with Crippen LogP contribution >= 0.6 is 11.8 Å². The van der Waals surface area contributed by atoms with Crippen molar-refractivity contribution in [3.05, 3.63) is 28.8 Å². The Morgan fingerprint density at radius 3 is 2.13 bits per heavy atom. The number of hydrogen-bond acceptors (Lipinski definition) is 3. The number of phenolic OH excluding ortho intramolecular Hbond substituents is 1. The van der Waals surface area contributed by atoms with Gasteiger partial charge in [0.15, 0.2) is 0 Å². The fourth-order valence-electron chi connectivity index (χ4n) is 2.55. The molecular formula is C20H35NOS. The highest BCUT2D eigenvalue weighted by atomic mass is 32.2. The van der Waals surface area contributed by atoms with E-state index in [0.29, 0.717) is 5.75 Å². The van der Waals surface area contributed by atoms with E-state index in [-0.39, 0.29) is 10.8 Å². The Bertz CT molecular complexity index is 512. The Morgan fingerprint density at radius 1 is 1.04 bits per heavy atom. The van der Waals surface area contributed by atoms with Gasteiger partial charge in [0.05, 0.1) is 0 Å². The second kappa shape index (κ2) is 7.94. The molecule has 1 aromatic rings. The van der Waals surface area contributed by atoms with Crippen LogP contribution in [0.25, 0.3) is 0 Å². The van der Waals surface area contributed by atoms with Gasteiger partial charge < -0.3 is 10.0 Å². The van der Waals surface area contributed by atoms with Crippen LogP contribution in [-0.2, 0) is 17.4 Å². The largest absolute Gasteiger partial charge is 0.507 e. The third-order valence-electron chi connectivity index (χ3n) is 4.12. The Hall–Kier alpha value is -0.670. The summed E-state index contributed by atoms with van der Waals surface area (Å²) in [5.74, 6) is 2.77. The molecule has 0 aliphatic heterocycles. The quantitative estimate of drug-likeness (QED) is 0.724. The topological polar surface area (TPSA) is 23.5 Å². The molecule has 0 aromatic heterocycles. The van der Waals surface area contributed by atoms with Crippen LogP contribution < -0.4 is 0 Å². The minimum atomic E-state index is -0.0588. The molecule has 3 heteroatoms. The third-order valence-corrected chi connectivity index (χ3v) is 5.00. The summed E-state index contributed by atoms with van der Waals surface area (Å²) in [7, 11) is 2.14. The highest BCUT2D eigenvalue weighted by molar-refractivity contribution is 7.99. The molecule has 0 saturated carbocycles. The molecule has 0 amide bonds. The van der Waals surface area contributed by atoms with Gasteiger partial charge in [0.2, 0.25) is 0 Å². The number of nitrogens with zero attached hydrogens (tertiary/aromatic N) is 1. The van der Waals surface area contributed by atoms with Crippen molar-refractivity contribution in [1.82, 2.24) is 4.90 Å². The van der Waals surface area contributed by atoms with Crippen molar-refractivity contribution in [1.29, 1.82) is 0 Å². The normalized spacial score (nSPS) is 12.9. The van der Waals surface area contributed by atoms with Crippen LogP contribution in [0, 0.1) is 0 Å². The SMILES string of the molecule is CCSCCN(C)Cc1cc(C(C)(C)C)cc(C(C)(C)C)c1O. The van der Waals surface area contributed by atoms with Gasteiger partial charge in [0.1, 0.15) is 5.75 Å². The number of thioether (sulfide) groups is 1. The average molecular weight is 338 g/mol. The lowest BCUT2D eigenvalue weighted by Crippen LogP contribution is -2.23. The summed E-state index contributed by atoms with van der Waals surface area (Å²) in [5, 5.41) is 10.8. The van der Waals surface area contributed by atoms with Crippen LogP contribution in [0.2, 0.25) is 0 Å². The van der Waals surface area contributed by atoms with Gasteiger partial charge >= 0.3 is 0 Å². The maximum atomic E-state index is 10.8. The van der Waals surface area contributed by atoms with Gasteiger partial charge in [-0.15, -0.1) is 0 Å². The number of benzene rings is 1. The molecule has 0 fully saturated rings. The van der Waals surface area contributed by atoms with E-state index in [4.69, 9.17) is 0 Å². The van der Waals surface area contributed by atoms with Crippen molar-refractivity contribution in [3.8, 4) is 5.75 Å². The molecule has 1 aromatic carbocycles. The standard InChI is InChI=1S/C20H35NOS/c1-9-23-11-10-21(8)14-15-12-16(19(2,3)4)13-17(18(15)22)20(5,6)7/h12-13,22H,9-11,14H2,1-8H3. The Morgan fingerprint density at radius 2 is 1.65 bits per heavy atom. The number of aromatic hydroxyl groups is 1. The summed E-state index contributed by atoms with van der Waals surface area (Å²) >= 11 is 1.96. The molecular weight excluding hydrogens is 302 g/mol. The average Bonchev–Trinajstić information content (AvgIpc) is 2.38. The minimum Gasteiger partial charge on any atom is -0.507 e. The number of hydrogen-bond donors (Lipinski definition) is 1. The Labute approximate surface area is 147 Å². The maximum absolute atomic E-state index is 10.8. The molecule has 0 atom stereocenters. The summed E-state index contributed by atoms with van der Waals surface area (Å²) in [6.45, 7) is 17.2. The second-order valence-corrected chi connectivity index (χ2v) is 9.86. The monoisotopic (exact) mass is 337 g/mol. The molecule has 0 aliphatic carbocycles. The summed E-state index contributed by atoms with van der Waals surface area (Å²) in [5.41, 5.74) is 3.42. The summed E-state index contributed by atoms with van der Waals surface area (Å²) < 4.78 is 0. The third kappa shape index (κ3) is 6.04. The molecule has 0 saturated heterocycles. The van der Waals surface area contributed by atoms with Crippen LogP contribution in [0.4, 0.5) is 0 Å². The van der Waals surface area contributed by atoms with E-state index in [2.05, 4.69) is 72.5 Å². The minimum absolute atomic E-state index is 0.0588. The van der Waals surface area contributed by atoms with Crippen LogP contribution in [0.3, 0.4) is 0 Å². The van der Waals surface area contributed by atoms with Crippen LogP contribution in [0.1, 0.15) is 65.2 Å². The number of rotatable bonds is 6. The van der Waals surface area contributed by atoms with Crippen molar-refractivity contribution in [2.75, 3.05) is 25.1 Å². The Kier molecular flexibility index (Phi) is 7.03. The summed E-state index contributed by atoms with van der Waals surface area (Å²) in [4.78, 5) is 2.30. The fourth-order valence-corrected chi connectivity index (χ4v) is 3.28. The van der Waals surface area contributed by atoms with Crippen LogP contribution in [0.5, 0.6) is 5.75 Å². The predicted molar refractivity (Wildman–Crippen MR) is 105 cm³/mol. The molecule has 0 spiro atoms. The van der Waals surface area contributed by atoms with Crippen molar-refractivity contribution >= 4 is 11.8 Å². The van der Waals surface area contributed by atoms with Crippen LogP contribution in [-0.4, -0.2) is 35.1 Å². The van der Waals surface area contributed by atoms with Gasteiger partial charge in [-0.3, -0.25) is 0 Å². The molecule has 0 heterocycles.